The highest BCUT2D eigenvalue weighted by atomic mass is 32.2. The van der Waals surface area contributed by atoms with E-state index in [-0.39, 0.29) is 33.3 Å². The number of carboxylic acid groups (broad SMARTS) is 2. The van der Waals surface area contributed by atoms with Crippen LogP contribution in [-0.4, -0.2) is 54.2 Å². The van der Waals surface area contributed by atoms with Gasteiger partial charge in [-0.1, -0.05) is 97.3 Å². The average molecular weight is 711 g/mol. The lowest BCUT2D eigenvalue weighted by Gasteiger charge is -2.16. The summed E-state index contributed by atoms with van der Waals surface area (Å²) in [5.74, 6) is -3.94. The van der Waals surface area contributed by atoms with Crippen molar-refractivity contribution in [2.24, 2.45) is 0 Å². The molecule has 2 aromatic carbocycles. The SMILES string of the molecule is CCCCCCCCCCCCCCCC(CC)NC(=O)Sc1c(O)[nH]n(-c2ccc(NC(=O)c3cc(C(=O)O)cc(C(=O)O)c3)cc2)c1=O. The number of H-pyrrole nitrogens is 1. The van der Waals surface area contributed by atoms with Crippen LogP contribution < -0.4 is 16.2 Å². The molecule has 1 aromatic heterocycles. The van der Waals surface area contributed by atoms with Crippen molar-refractivity contribution < 1.29 is 34.5 Å². The number of nitrogens with one attached hydrogen (secondary N) is 3. The molecule has 0 aliphatic carbocycles. The van der Waals surface area contributed by atoms with Crippen molar-refractivity contribution in [3.05, 3.63) is 69.5 Å². The number of carboxylic acids is 2. The molecule has 272 valence electrons. The number of carbonyl (C=O) groups excluding carboxylic acids is 2. The van der Waals surface area contributed by atoms with Crippen LogP contribution >= 0.6 is 11.8 Å². The van der Waals surface area contributed by atoms with Crippen molar-refractivity contribution in [1.82, 2.24) is 15.1 Å². The highest BCUT2D eigenvalue weighted by molar-refractivity contribution is 8.13. The number of benzene rings is 2. The minimum atomic E-state index is -1.38. The summed E-state index contributed by atoms with van der Waals surface area (Å²) in [4.78, 5) is 61.3. The van der Waals surface area contributed by atoms with Crippen LogP contribution in [0.3, 0.4) is 0 Å². The minimum absolute atomic E-state index is 0.0314. The Morgan fingerprint density at radius 3 is 1.76 bits per heavy atom. The van der Waals surface area contributed by atoms with Crippen molar-refractivity contribution in [3.8, 4) is 11.6 Å². The van der Waals surface area contributed by atoms with E-state index in [0.717, 1.165) is 48.6 Å². The molecular formula is C37H50N4O8S. The summed E-state index contributed by atoms with van der Waals surface area (Å²) in [6.07, 6.45) is 18.1. The molecule has 3 aromatic rings. The summed E-state index contributed by atoms with van der Waals surface area (Å²) in [5.41, 5.74) is -0.895. The summed E-state index contributed by atoms with van der Waals surface area (Å²) < 4.78 is 1.07. The molecule has 6 N–H and O–H groups in total. The number of aromatic amines is 1. The third kappa shape index (κ3) is 12.7. The number of anilines is 1. The van der Waals surface area contributed by atoms with Crippen LogP contribution in [-0.2, 0) is 0 Å². The fourth-order valence-electron chi connectivity index (χ4n) is 5.66. The Morgan fingerprint density at radius 2 is 1.26 bits per heavy atom. The maximum Gasteiger partial charge on any atom is 0.335 e. The molecule has 3 rings (SSSR count). The van der Waals surface area contributed by atoms with Gasteiger partial charge in [0.1, 0.15) is 4.90 Å². The zero-order valence-electron chi connectivity index (χ0n) is 29.0. The largest absolute Gasteiger partial charge is 0.493 e. The number of carbonyl (C=O) groups is 4. The van der Waals surface area contributed by atoms with Crippen LogP contribution in [0.5, 0.6) is 5.88 Å². The number of rotatable bonds is 22. The first-order valence-electron chi connectivity index (χ1n) is 17.6. The first-order chi connectivity index (χ1) is 24.0. The van der Waals surface area contributed by atoms with Gasteiger partial charge in [0.2, 0.25) is 5.88 Å². The van der Waals surface area contributed by atoms with Crippen molar-refractivity contribution in [2.75, 3.05) is 5.32 Å². The van der Waals surface area contributed by atoms with Gasteiger partial charge in [-0.2, -0.15) is 0 Å². The third-order valence-corrected chi connectivity index (χ3v) is 9.44. The molecule has 0 fully saturated rings. The van der Waals surface area contributed by atoms with Crippen LogP contribution in [0.1, 0.15) is 141 Å². The second kappa shape index (κ2) is 20.9. The monoisotopic (exact) mass is 710 g/mol. The number of aromatic hydroxyl groups is 1. The summed E-state index contributed by atoms with van der Waals surface area (Å²) in [7, 11) is 0. The van der Waals surface area contributed by atoms with Crippen LogP contribution in [0, 0.1) is 0 Å². The maximum atomic E-state index is 13.1. The van der Waals surface area contributed by atoms with E-state index in [1.807, 2.05) is 6.92 Å². The second-order valence-electron chi connectivity index (χ2n) is 12.5. The van der Waals surface area contributed by atoms with Crippen LogP contribution in [0.2, 0.25) is 0 Å². The number of aromatic nitrogens is 2. The van der Waals surface area contributed by atoms with Gasteiger partial charge in [0, 0.05) is 17.3 Å². The van der Waals surface area contributed by atoms with Crippen LogP contribution in [0.25, 0.3) is 5.69 Å². The van der Waals surface area contributed by atoms with E-state index in [0.29, 0.717) is 17.4 Å². The lowest BCUT2D eigenvalue weighted by atomic mass is 10.0. The van der Waals surface area contributed by atoms with Gasteiger partial charge in [0.15, 0.2) is 0 Å². The topological polar surface area (TPSA) is 191 Å². The number of amides is 2. The molecule has 0 saturated heterocycles. The molecule has 1 atom stereocenters. The highest BCUT2D eigenvalue weighted by Gasteiger charge is 2.21. The molecule has 0 saturated carbocycles. The van der Waals surface area contributed by atoms with Crippen LogP contribution in [0.4, 0.5) is 10.5 Å². The maximum absolute atomic E-state index is 13.1. The summed E-state index contributed by atoms with van der Waals surface area (Å²) in [5, 5.41) is 36.6. The lowest BCUT2D eigenvalue weighted by molar-refractivity contribution is 0.0696. The van der Waals surface area contributed by atoms with Gasteiger partial charge < -0.3 is 26.0 Å². The molecule has 13 heteroatoms. The van der Waals surface area contributed by atoms with E-state index >= 15 is 0 Å². The van der Waals surface area contributed by atoms with E-state index in [2.05, 4.69) is 22.7 Å². The smallest absolute Gasteiger partial charge is 0.335 e. The van der Waals surface area contributed by atoms with Gasteiger partial charge in [-0.3, -0.25) is 19.5 Å². The third-order valence-electron chi connectivity index (χ3n) is 8.57. The fourth-order valence-corrected chi connectivity index (χ4v) is 6.39. The van der Waals surface area contributed by atoms with Crippen LogP contribution in [0.15, 0.2) is 52.2 Å². The van der Waals surface area contributed by atoms with Crippen molar-refractivity contribution in [1.29, 1.82) is 0 Å². The molecule has 0 spiro atoms. The Kier molecular flexibility index (Phi) is 16.7. The Morgan fingerprint density at radius 1 is 0.760 bits per heavy atom. The number of aromatic carboxylic acids is 2. The number of hydrogen-bond acceptors (Lipinski definition) is 7. The molecule has 0 radical (unpaired) electrons. The average Bonchev–Trinajstić information content (AvgIpc) is 3.38. The predicted molar refractivity (Wildman–Crippen MR) is 195 cm³/mol. The molecule has 0 aliphatic heterocycles. The molecule has 1 heterocycles. The molecular weight excluding hydrogens is 660 g/mol. The number of thioether (sulfide) groups is 1. The molecule has 2 amide bonds. The minimum Gasteiger partial charge on any atom is -0.493 e. The number of nitrogens with zero attached hydrogens (tertiary/aromatic N) is 1. The van der Waals surface area contributed by atoms with E-state index in [4.69, 9.17) is 0 Å². The van der Waals surface area contributed by atoms with E-state index in [9.17, 15) is 39.3 Å². The summed E-state index contributed by atoms with van der Waals surface area (Å²) in [6.45, 7) is 4.25. The van der Waals surface area contributed by atoms with E-state index in [1.165, 1.54) is 94.9 Å². The number of hydrogen-bond donors (Lipinski definition) is 6. The second-order valence-corrected chi connectivity index (χ2v) is 13.5. The standard InChI is InChI=1S/C37H50N4O8S/c1-3-5-6-7-8-9-10-11-12-13-14-15-16-17-28(4-2)39-37(49)50-31-33(43)40-41(34(31)44)30-20-18-29(19-21-30)38-32(42)25-22-26(35(45)46)24-27(23-25)36(47)48/h18-24,28,40,43H,3-17H2,1-2H3,(H,38,42)(H,39,49)(H,45,46)(H,47,48). The lowest BCUT2D eigenvalue weighted by Crippen LogP contribution is -2.32. The quantitative estimate of drug-likeness (QED) is 0.0438. The van der Waals surface area contributed by atoms with E-state index < -0.39 is 34.5 Å². The van der Waals surface area contributed by atoms with Gasteiger partial charge in [0.25, 0.3) is 16.7 Å². The normalized spacial score (nSPS) is 11.6. The molecule has 0 bridgehead atoms. The molecule has 0 aliphatic rings. The summed E-state index contributed by atoms with van der Waals surface area (Å²) in [6, 6.07) is 8.98. The predicted octanol–water partition coefficient (Wildman–Crippen LogP) is 8.58. The first-order valence-corrected chi connectivity index (χ1v) is 18.4. The van der Waals surface area contributed by atoms with Crippen molar-refractivity contribution >= 4 is 40.5 Å². The van der Waals surface area contributed by atoms with Crippen molar-refractivity contribution in [2.45, 2.75) is 121 Å². The number of unbranched alkanes of at least 4 members (excludes halogenated alkanes) is 12. The zero-order chi connectivity index (χ0) is 36.5. The summed E-state index contributed by atoms with van der Waals surface area (Å²) >= 11 is 0.628. The van der Waals surface area contributed by atoms with E-state index in [1.54, 1.807) is 0 Å². The Balaban J connectivity index is 1.46. The van der Waals surface area contributed by atoms with Gasteiger partial charge >= 0.3 is 11.9 Å². The fraction of sp³-hybridized carbons (Fsp3) is 0.486. The molecule has 12 nitrogen and oxygen atoms in total. The van der Waals surface area contributed by atoms with Gasteiger partial charge in [-0.05, 0) is 67.1 Å². The Labute approximate surface area is 297 Å². The Hall–Kier alpha value is -4.52. The van der Waals surface area contributed by atoms with Gasteiger partial charge in [-0.25, -0.2) is 14.3 Å². The Bertz CT molecular complexity index is 1600. The van der Waals surface area contributed by atoms with Gasteiger partial charge in [0.05, 0.1) is 16.8 Å². The highest BCUT2D eigenvalue weighted by Crippen LogP contribution is 2.26. The van der Waals surface area contributed by atoms with Gasteiger partial charge in [-0.15, -0.1) is 0 Å². The first kappa shape index (κ1) is 39.9. The molecule has 50 heavy (non-hydrogen) atoms. The zero-order valence-corrected chi connectivity index (χ0v) is 29.8. The van der Waals surface area contributed by atoms with Crippen molar-refractivity contribution in [3.63, 3.8) is 0 Å². The molecule has 1 unspecified atom stereocenters.